The van der Waals surface area contributed by atoms with Gasteiger partial charge in [0.1, 0.15) is 12.4 Å². The van der Waals surface area contributed by atoms with Gasteiger partial charge in [0.15, 0.2) is 5.54 Å². The van der Waals surface area contributed by atoms with Crippen molar-refractivity contribution in [2.24, 2.45) is 0 Å². The maximum Gasteiger partial charge on any atom is 0.256 e. The van der Waals surface area contributed by atoms with Crippen LogP contribution in [0.4, 0.5) is 5.69 Å². The summed E-state index contributed by atoms with van der Waals surface area (Å²) in [4.78, 5) is 28.0. The Morgan fingerprint density at radius 3 is 2.53 bits per heavy atom. The third kappa shape index (κ3) is 2.97. The number of fused-ring (bicyclic) bond motifs is 4. The van der Waals surface area contributed by atoms with Crippen molar-refractivity contribution in [2.75, 3.05) is 11.9 Å². The molecule has 1 spiro atoms. The average molecular weight is 456 g/mol. The van der Waals surface area contributed by atoms with E-state index in [1.807, 2.05) is 78.9 Å². The normalized spacial score (nSPS) is 27.4. The lowest BCUT2D eigenvalue weighted by atomic mass is 9.77. The maximum absolute atomic E-state index is 13.5. The van der Waals surface area contributed by atoms with Crippen molar-refractivity contribution in [2.45, 2.75) is 43.0 Å². The number of carbonyl (C=O) groups is 1. The van der Waals surface area contributed by atoms with Gasteiger partial charge in [0.25, 0.3) is 11.9 Å². The number of hydrogen-bond donors (Lipinski definition) is 1. The second-order valence-electron chi connectivity index (χ2n) is 9.27. The van der Waals surface area contributed by atoms with Crippen LogP contribution in [0.2, 0.25) is 0 Å². The minimum atomic E-state index is -1.28. The first kappa shape index (κ1) is 20.9. The topological polar surface area (TPSA) is 84.7 Å². The number of nitrogens with one attached hydrogen (secondary N) is 1. The largest absolute Gasteiger partial charge is 0.489 e. The van der Waals surface area contributed by atoms with E-state index < -0.39 is 17.5 Å². The molecule has 3 aromatic rings. The molecule has 1 N–H and O–H groups in total. The van der Waals surface area contributed by atoms with Crippen LogP contribution in [0.3, 0.4) is 0 Å². The van der Waals surface area contributed by atoms with Crippen LogP contribution in [0.1, 0.15) is 35.4 Å². The van der Waals surface area contributed by atoms with Gasteiger partial charge < -0.3 is 10.1 Å². The number of carbonyl (C=O) groups excluding carboxylic acids is 1. The van der Waals surface area contributed by atoms with Gasteiger partial charge in [-0.25, -0.2) is 0 Å². The molecule has 2 saturated heterocycles. The fraction of sp³-hybridized carbons (Fsp3) is 0.296. The molecule has 4 atom stereocenters. The highest BCUT2D eigenvalue weighted by Crippen LogP contribution is 2.58. The van der Waals surface area contributed by atoms with E-state index in [-0.39, 0.29) is 16.9 Å². The highest BCUT2D eigenvalue weighted by Gasteiger charge is 2.73. The lowest BCUT2D eigenvalue weighted by Gasteiger charge is -2.32. The number of para-hydroxylation sites is 1. The van der Waals surface area contributed by atoms with Crippen LogP contribution in [0.15, 0.2) is 78.9 Å². The highest BCUT2D eigenvalue weighted by atomic mass is 16.6. The molecule has 7 heteroatoms. The predicted molar refractivity (Wildman–Crippen MR) is 127 cm³/mol. The van der Waals surface area contributed by atoms with Gasteiger partial charge in [-0.3, -0.25) is 19.8 Å². The fourth-order valence-corrected chi connectivity index (χ4v) is 6.30. The number of hydrogen-bond acceptors (Lipinski definition) is 5. The third-order valence-corrected chi connectivity index (χ3v) is 7.61. The number of anilines is 1. The molecule has 0 bridgehead atoms. The van der Waals surface area contributed by atoms with Crippen LogP contribution in [0.25, 0.3) is 0 Å². The standard InChI is InChI=1S/C27H25N3O4/c31-26-27(21-9-4-5-10-22(21)28-26)25(30(32)33)24(23-11-6-16-29(23)27)19-12-14-20(15-13-19)34-17-18-7-2-1-3-8-18/h1-5,7-10,12-15,23-25H,6,11,16-17H2,(H,28,31)/t23-,24-,25-,27+/m1/s1. The van der Waals surface area contributed by atoms with Crippen LogP contribution in [0.5, 0.6) is 5.75 Å². The Hall–Kier alpha value is -3.71. The molecule has 172 valence electrons. The molecule has 1 amide bonds. The highest BCUT2D eigenvalue weighted by molar-refractivity contribution is 6.07. The number of amides is 1. The first-order valence-electron chi connectivity index (χ1n) is 11.7. The quantitative estimate of drug-likeness (QED) is 0.458. The molecule has 0 saturated carbocycles. The number of rotatable bonds is 5. The molecule has 3 aliphatic heterocycles. The van der Waals surface area contributed by atoms with E-state index in [0.717, 1.165) is 29.5 Å². The second-order valence-corrected chi connectivity index (χ2v) is 9.27. The molecule has 6 rings (SSSR count). The molecule has 0 aromatic heterocycles. The van der Waals surface area contributed by atoms with Gasteiger partial charge in [0, 0.05) is 28.8 Å². The molecule has 3 heterocycles. The summed E-state index contributed by atoms with van der Waals surface area (Å²) in [5, 5.41) is 15.6. The molecule has 0 aliphatic carbocycles. The second kappa shape index (κ2) is 7.95. The summed E-state index contributed by atoms with van der Waals surface area (Å²) in [7, 11) is 0. The zero-order chi connectivity index (χ0) is 23.3. The van der Waals surface area contributed by atoms with Crippen molar-refractivity contribution in [1.82, 2.24) is 4.90 Å². The average Bonchev–Trinajstić information content (AvgIpc) is 3.52. The summed E-state index contributed by atoms with van der Waals surface area (Å²) < 4.78 is 5.92. The first-order chi connectivity index (χ1) is 16.6. The van der Waals surface area contributed by atoms with Gasteiger partial charge in [-0.1, -0.05) is 60.7 Å². The summed E-state index contributed by atoms with van der Waals surface area (Å²) in [6.07, 6.45) is 1.75. The van der Waals surface area contributed by atoms with Crippen LogP contribution in [-0.2, 0) is 16.9 Å². The van der Waals surface area contributed by atoms with Gasteiger partial charge in [0.2, 0.25) is 0 Å². The van der Waals surface area contributed by atoms with E-state index >= 15 is 0 Å². The molecule has 7 nitrogen and oxygen atoms in total. The number of benzene rings is 3. The van der Waals surface area contributed by atoms with Crippen LogP contribution < -0.4 is 10.1 Å². The van der Waals surface area contributed by atoms with Gasteiger partial charge in [-0.2, -0.15) is 0 Å². The zero-order valence-electron chi connectivity index (χ0n) is 18.6. The number of ether oxygens (including phenoxy) is 1. The van der Waals surface area contributed by atoms with Crippen molar-refractivity contribution in [3.63, 3.8) is 0 Å². The van der Waals surface area contributed by atoms with E-state index in [9.17, 15) is 14.9 Å². The SMILES string of the molecule is O=C1Nc2ccccc2[C@]12[C@H]([N+](=O)[O-])[C@H](c1ccc(OCc3ccccc3)cc1)[C@H]1CCCN12. The Labute approximate surface area is 197 Å². The minimum absolute atomic E-state index is 0.0663. The first-order valence-corrected chi connectivity index (χ1v) is 11.7. The van der Waals surface area contributed by atoms with Gasteiger partial charge >= 0.3 is 0 Å². The Morgan fingerprint density at radius 2 is 1.76 bits per heavy atom. The number of nitro groups is 1. The summed E-state index contributed by atoms with van der Waals surface area (Å²) in [6.45, 7) is 1.13. The molecular formula is C27H25N3O4. The summed E-state index contributed by atoms with van der Waals surface area (Å²) in [5.41, 5.74) is 2.06. The van der Waals surface area contributed by atoms with Crippen molar-refractivity contribution in [1.29, 1.82) is 0 Å². The minimum Gasteiger partial charge on any atom is -0.489 e. The molecule has 0 unspecified atom stereocenters. The lowest BCUT2D eigenvalue weighted by molar-refractivity contribution is -0.534. The van der Waals surface area contributed by atoms with Crippen molar-refractivity contribution < 1.29 is 14.5 Å². The van der Waals surface area contributed by atoms with E-state index in [4.69, 9.17) is 4.74 Å². The Kier molecular flexibility index (Phi) is 4.88. The Balaban J connectivity index is 1.36. The Bertz CT molecular complexity index is 1250. The lowest BCUT2D eigenvalue weighted by Crippen LogP contribution is -2.55. The Morgan fingerprint density at radius 1 is 1.03 bits per heavy atom. The van der Waals surface area contributed by atoms with Crippen molar-refractivity contribution in [3.8, 4) is 5.75 Å². The fourth-order valence-electron chi connectivity index (χ4n) is 6.30. The summed E-state index contributed by atoms with van der Waals surface area (Å²) in [6, 6.07) is 23.8. The molecular weight excluding hydrogens is 430 g/mol. The predicted octanol–water partition coefficient (Wildman–Crippen LogP) is 4.32. The van der Waals surface area contributed by atoms with Crippen molar-refractivity contribution >= 4 is 11.6 Å². The molecule has 2 fully saturated rings. The summed E-state index contributed by atoms with van der Waals surface area (Å²) in [5.74, 6) is 0.0374. The molecule has 34 heavy (non-hydrogen) atoms. The monoisotopic (exact) mass is 455 g/mol. The van der Waals surface area contributed by atoms with Crippen LogP contribution in [-0.4, -0.2) is 34.4 Å². The smallest absolute Gasteiger partial charge is 0.256 e. The number of nitrogens with zero attached hydrogens (tertiary/aromatic N) is 2. The summed E-state index contributed by atoms with van der Waals surface area (Å²) >= 11 is 0. The van der Waals surface area contributed by atoms with Gasteiger partial charge in [-0.05, 0) is 42.2 Å². The molecule has 3 aromatic carbocycles. The molecule has 3 aliphatic rings. The van der Waals surface area contributed by atoms with Crippen LogP contribution >= 0.6 is 0 Å². The zero-order valence-corrected chi connectivity index (χ0v) is 18.6. The van der Waals surface area contributed by atoms with Gasteiger partial charge in [0.05, 0.1) is 5.92 Å². The van der Waals surface area contributed by atoms with E-state index in [2.05, 4.69) is 10.2 Å². The van der Waals surface area contributed by atoms with E-state index in [0.29, 0.717) is 24.6 Å². The molecule has 0 radical (unpaired) electrons. The van der Waals surface area contributed by atoms with Gasteiger partial charge in [-0.15, -0.1) is 0 Å². The van der Waals surface area contributed by atoms with Crippen molar-refractivity contribution in [3.05, 3.63) is 106 Å². The third-order valence-electron chi connectivity index (χ3n) is 7.61. The van der Waals surface area contributed by atoms with Crippen LogP contribution in [0, 0.1) is 10.1 Å². The van der Waals surface area contributed by atoms with E-state index in [1.165, 1.54) is 0 Å². The maximum atomic E-state index is 13.5. The van der Waals surface area contributed by atoms with E-state index in [1.54, 1.807) is 0 Å².